The molecule has 0 fully saturated rings. The van der Waals surface area contributed by atoms with Gasteiger partial charge in [-0.3, -0.25) is 0 Å². The third kappa shape index (κ3) is 340. The Balaban J connectivity index is 3.85. The van der Waals surface area contributed by atoms with E-state index in [1.807, 2.05) is 0 Å². The molecule has 22 valence electrons. The Morgan fingerprint density at radius 2 is 2.00 bits per heavy atom. The van der Waals surface area contributed by atoms with Gasteiger partial charge in [0.15, 0.2) is 0 Å². The van der Waals surface area contributed by atoms with Crippen molar-refractivity contribution in [2.24, 2.45) is 0 Å². The fraction of sp³-hybridized carbons (Fsp3) is 1.00. The van der Waals surface area contributed by atoms with Gasteiger partial charge in [0.1, 0.15) is 0 Å². The molecule has 0 aromatic heterocycles. The molecule has 1 nitrogen and oxygen atoms in total. The summed E-state index contributed by atoms with van der Waals surface area (Å²) >= 11 is 0. The first kappa shape index (κ1) is 4.08. The van der Waals surface area contributed by atoms with E-state index in [2.05, 4.69) is 0 Å². The molecule has 0 aliphatic heterocycles. The molecule has 0 aliphatic rings. The SMILES string of the molecule is B#S(C)=N. The average molecular weight is 72.9 g/mol. The molecule has 0 saturated carbocycles. The van der Waals surface area contributed by atoms with Gasteiger partial charge in [-0.15, -0.1) is 0 Å². The summed E-state index contributed by atoms with van der Waals surface area (Å²) in [5.41, 5.74) is 0. The van der Waals surface area contributed by atoms with Crippen molar-refractivity contribution in [2.45, 2.75) is 0 Å². The summed E-state index contributed by atoms with van der Waals surface area (Å²) in [6.07, 6.45) is 1.64. The Morgan fingerprint density at radius 1 is 2.00 bits per heavy atom. The first-order valence-corrected chi connectivity index (χ1v) is 2.54. The molecule has 0 spiro atoms. The molecular weight excluding hydrogens is 68.9 g/mol. The van der Waals surface area contributed by atoms with Gasteiger partial charge in [0, 0.05) is 0 Å². The summed E-state index contributed by atoms with van der Waals surface area (Å²) < 4.78 is 6.39. The van der Waals surface area contributed by atoms with Crippen LogP contribution in [0, 0.1) is 4.78 Å². The van der Waals surface area contributed by atoms with Crippen LogP contribution in [-0.4, -0.2) is 12.8 Å². The molecule has 3 heteroatoms. The van der Waals surface area contributed by atoms with Crippen molar-refractivity contribution in [3.8, 4) is 0 Å². The third-order valence-electron chi connectivity index (χ3n) is 0. The van der Waals surface area contributed by atoms with Gasteiger partial charge < -0.3 is 0 Å². The Morgan fingerprint density at radius 3 is 2.00 bits per heavy atom. The summed E-state index contributed by atoms with van der Waals surface area (Å²) in [6.45, 7) is 4.81. The van der Waals surface area contributed by atoms with Crippen molar-refractivity contribution >= 4 is 16.5 Å². The van der Waals surface area contributed by atoms with Crippen LogP contribution in [-0.2, 0) is 9.93 Å². The second-order valence-corrected chi connectivity index (χ2v) is 1.67. The molecule has 0 bridgehead atoms. The third-order valence-corrected chi connectivity index (χ3v) is 0. The van der Waals surface area contributed by atoms with E-state index in [-0.39, 0.29) is 0 Å². The summed E-state index contributed by atoms with van der Waals surface area (Å²) in [5.74, 6) is 0. The number of nitrogens with one attached hydrogen (secondary N) is 1. The molecule has 0 atom stereocenters. The van der Waals surface area contributed by atoms with E-state index in [0.29, 0.717) is 0 Å². The molecule has 0 radical (unpaired) electrons. The van der Waals surface area contributed by atoms with Crippen molar-refractivity contribution in [1.29, 1.82) is 4.78 Å². The van der Waals surface area contributed by atoms with Gasteiger partial charge >= 0.3 is 27.5 Å². The Bertz CT molecular complexity index is 98.2. The molecule has 0 aliphatic carbocycles. The Labute approximate surface area is 28.4 Å². The number of rotatable bonds is 0. The molecule has 4 heavy (non-hydrogen) atoms. The number of hydrogen-bond acceptors (Lipinski definition) is 1. The predicted octanol–water partition coefficient (Wildman–Crippen LogP) is 0.0804. The normalized spacial score (nSPS) is 6.75. The first-order valence-electron chi connectivity index (χ1n) is 0.848. The minimum absolute atomic E-state index is 0.611. The fourth-order valence-corrected chi connectivity index (χ4v) is 0. The van der Waals surface area contributed by atoms with Crippen molar-refractivity contribution in [3.63, 3.8) is 0 Å². The van der Waals surface area contributed by atoms with E-state index in [9.17, 15) is 0 Å². The Kier molecular flexibility index (Phi) is 1.44. The van der Waals surface area contributed by atoms with Crippen LogP contribution >= 0.6 is 0 Å². The van der Waals surface area contributed by atoms with Crippen LogP contribution < -0.4 is 0 Å². The van der Waals surface area contributed by atoms with E-state index >= 15 is 0 Å². The molecule has 1 N–H and O–H groups in total. The van der Waals surface area contributed by atoms with Crippen LogP contribution in [0.1, 0.15) is 0 Å². The van der Waals surface area contributed by atoms with Crippen LogP contribution in [0.15, 0.2) is 0 Å². The van der Waals surface area contributed by atoms with Crippen LogP contribution in [0.4, 0.5) is 0 Å². The van der Waals surface area contributed by atoms with E-state index in [4.69, 9.17) is 11.3 Å². The number of hydrogen-bond donors (Lipinski definition) is 1. The van der Waals surface area contributed by atoms with Gasteiger partial charge in [-0.2, -0.15) is 0 Å². The summed E-state index contributed by atoms with van der Waals surface area (Å²) in [4.78, 5) is 0. The topological polar surface area (TPSA) is 23.9 Å². The van der Waals surface area contributed by atoms with Crippen LogP contribution in [0.25, 0.3) is 0 Å². The van der Waals surface area contributed by atoms with E-state index in [1.165, 1.54) is 0 Å². The zero-order valence-electron chi connectivity index (χ0n) is 2.49. The van der Waals surface area contributed by atoms with Gasteiger partial charge in [0.25, 0.3) is 0 Å². The van der Waals surface area contributed by atoms with Gasteiger partial charge in [-0.1, -0.05) is 0 Å². The summed E-state index contributed by atoms with van der Waals surface area (Å²) in [7, 11) is -0.611. The standard InChI is InChI=1S/CH4BNS/c1-4(2)3/h3H,1H3. The zero-order chi connectivity index (χ0) is 3.58. The second-order valence-electron chi connectivity index (χ2n) is 0.558. The minimum atomic E-state index is -0.611. The average Bonchev–Trinajstić information content (AvgIpc) is 0.811. The quantitative estimate of drug-likeness (QED) is 0.392. The van der Waals surface area contributed by atoms with E-state index in [0.717, 1.165) is 0 Å². The molecule has 0 amide bonds. The van der Waals surface area contributed by atoms with Crippen LogP contribution in [0.2, 0.25) is 0 Å². The molecule has 0 heterocycles. The Hall–Kier alpha value is 0.0849. The van der Waals surface area contributed by atoms with Crippen LogP contribution in [0.5, 0.6) is 0 Å². The van der Waals surface area contributed by atoms with Gasteiger partial charge in [-0.05, 0) is 0 Å². The molecule has 0 saturated heterocycles. The van der Waals surface area contributed by atoms with Crippen LogP contribution in [0.3, 0.4) is 0 Å². The maximum absolute atomic E-state index is 6.39. The van der Waals surface area contributed by atoms with Crippen molar-refractivity contribution in [2.75, 3.05) is 6.26 Å². The van der Waals surface area contributed by atoms with E-state index < -0.39 is 9.93 Å². The molecule has 0 rings (SSSR count). The zero-order valence-corrected chi connectivity index (χ0v) is 3.30. The van der Waals surface area contributed by atoms with E-state index in [1.54, 1.807) is 6.26 Å². The van der Waals surface area contributed by atoms with Crippen molar-refractivity contribution in [3.05, 3.63) is 0 Å². The van der Waals surface area contributed by atoms with Gasteiger partial charge in [0.05, 0.1) is 0 Å². The second kappa shape index (κ2) is 1.41. The predicted molar refractivity (Wildman–Crippen MR) is 21.8 cm³/mol. The summed E-state index contributed by atoms with van der Waals surface area (Å²) in [6, 6.07) is 0. The monoisotopic (exact) mass is 73.0 g/mol. The van der Waals surface area contributed by atoms with Gasteiger partial charge in [0.2, 0.25) is 0 Å². The molecule has 0 aromatic rings. The van der Waals surface area contributed by atoms with Crippen molar-refractivity contribution in [1.82, 2.24) is 0 Å². The molecule has 0 unspecified atom stereocenters. The van der Waals surface area contributed by atoms with Crippen molar-refractivity contribution < 1.29 is 0 Å². The molecule has 0 aromatic carbocycles. The fourth-order valence-electron chi connectivity index (χ4n) is 0. The first-order chi connectivity index (χ1) is 1.73. The summed E-state index contributed by atoms with van der Waals surface area (Å²) in [5, 5.41) is 0. The van der Waals surface area contributed by atoms with Gasteiger partial charge in [-0.25, -0.2) is 0 Å². The maximum atomic E-state index is 6.39. The molecular formula is CH4BNS.